The molecule has 1 aliphatic heterocycles. The zero-order valence-electron chi connectivity index (χ0n) is 21.9. The van der Waals surface area contributed by atoms with Gasteiger partial charge in [0, 0.05) is 0 Å². The molecule has 1 unspecified atom stereocenters. The number of methoxy groups -OCH3 is 1. The average molecular weight is 487 g/mol. The smallest absolute Gasteiger partial charge is 0.193 e. The van der Waals surface area contributed by atoms with Crippen LogP contribution in [0.5, 0.6) is 5.75 Å². The van der Waals surface area contributed by atoms with E-state index in [4.69, 9.17) is 18.6 Å². The fourth-order valence-corrected chi connectivity index (χ4v) is 4.64. The Bertz CT molecular complexity index is 849. The second-order valence-corrected chi connectivity index (χ2v) is 15.1. The molecule has 3 atom stereocenters. The third-order valence-electron chi connectivity index (χ3n) is 6.59. The SMILES string of the molecule is COc1ccc(CO[C@@H](C/C=C/C=O)C(/C=C/[C@@H]2CC(C)=CCO2)O[Si](C)(C)C(C)(C)C)cc1. The van der Waals surface area contributed by atoms with E-state index >= 15 is 0 Å². The minimum Gasteiger partial charge on any atom is -0.497 e. The highest BCUT2D eigenvalue weighted by atomic mass is 28.4. The Morgan fingerprint density at radius 2 is 1.91 bits per heavy atom. The molecule has 188 valence electrons. The summed E-state index contributed by atoms with van der Waals surface area (Å²) in [7, 11) is -0.437. The molecule has 0 radical (unpaired) electrons. The topological polar surface area (TPSA) is 54.0 Å². The third-order valence-corrected chi connectivity index (χ3v) is 11.1. The highest BCUT2D eigenvalue weighted by Gasteiger charge is 2.40. The summed E-state index contributed by atoms with van der Waals surface area (Å²) in [6.07, 6.45) is 11.5. The molecule has 0 aromatic heterocycles. The number of ether oxygens (including phenoxy) is 3. The lowest BCUT2D eigenvalue weighted by Crippen LogP contribution is -2.47. The maximum atomic E-state index is 10.9. The maximum Gasteiger partial charge on any atom is 0.193 e. The van der Waals surface area contributed by atoms with Crippen molar-refractivity contribution in [3.8, 4) is 5.75 Å². The number of carbonyl (C=O) groups is 1. The second kappa shape index (κ2) is 13.2. The third kappa shape index (κ3) is 8.99. The van der Waals surface area contributed by atoms with E-state index in [1.54, 1.807) is 7.11 Å². The van der Waals surface area contributed by atoms with Crippen molar-refractivity contribution in [1.82, 2.24) is 0 Å². The molecule has 0 N–H and O–H groups in total. The Balaban J connectivity index is 2.27. The van der Waals surface area contributed by atoms with Crippen LogP contribution in [0.1, 0.15) is 46.1 Å². The lowest BCUT2D eigenvalue weighted by molar-refractivity contribution is -0.104. The van der Waals surface area contributed by atoms with Gasteiger partial charge in [-0.3, -0.25) is 4.79 Å². The van der Waals surface area contributed by atoms with Crippen molar-refractivity contribution in [1.29, 1.82) is 0 Å². The number of aldehydes is 1. The Hall–Kier alpha value is -1.99. The molecule has 0 amide bonds. The molecular weight excluding hydrogens is 444 g/mol. The number of hydrogen-bond acceptors (Lipinski definition) is 5. The van der Waals surface area contributed by atoms with Gasteiger partial charge in [-0.05, 0) is 61.7 Å². The minimum absolute atomic E-state index is 0.0308. The van der Waals surface area contributed by atoms with Gasteiger partial charge < -0.3 is 18.6 Å². The highest BCUT2D eigenvalue weighted by Crippen LogP contribution is 2.38. The summed E-state index contributed by atoms with van der Waals surface area (Å²) in [6.45, 7) is 14.4. The first kappa shape index (κ1) is 28.2. The van der Waals surface area contributed by atoms with Gasteiger partial charge >= 0.3 is 0 Å². The lowest BCUT2D eigenvalue weighted by Gasteiger charge is -2.40. The van der Waals surface area contributed by atoms with Crippen LogP contribution in [0.3, 0.4) is 0 Å². The molecule has 1 heterocycles. The first-order chi connectivity index (χ1) is 16.1. The van der Waals surface area contributed by atoms with Crippen LogP contribution in [0.4, 0.5) is 0 Å². The van der Waals surface area contributed by atoms with Crippen molar-refractivity contribution in [2.75, 3.05) is 13.7 Å². The van der Waals surface area contributed by atoms with Crippen LogP contribution in [0.15, 0.2) is 60.2 Å². The second-order valence-electron chi connectivity index (χ2n) is 10.4. The summed E-state index contributed by atoms with van der Waals surface area (Å²) in [5, 5.41) is 0.0545. The summed E-state index contributed by atoms with van der Waals surface area (Å²) in [5.41, 5.74) is 2.39. The Morgan fingerprint density at radius 1 is 1.21 bits per heavy atom. The van der Waals surface area contributed by atoms with Crippen LogP contribution in [0.25, 0.3) is 0 Å². The van der Waals surface area contributed by atoms with Crippen molar-refractivity contribution >= 4 is 14.6 Å². The standard InChI is InChI=1S/C28H42O5Si/c1-22-17-19-31-25(20-22)15-16-27(33-34(6,7)28(2,3)4)26(10-8-9-18-29)32-21-23-11-13-24(30-5)14-12-23/h8-9,11-18,25-27H,10,19-21H2,1-7H3/b9-8+,16-15+/t25-,26+,27?/m1/s1. The van der Waals surface area contributed by atoms with E-state index < -0.39 is 8.32 Å². The quantitative estimate of drug-likeness (QED) is 0.148. The molecule has 2 rings (SSSR count). The van der Waals surface area contributed by atoms with Gasteiger partial charge in [0.1, 0.15) is 12.0 Å². The molecule has 1 aromatic rings. The number of rotatable bonds is 12. The zero-order valence-corrected chi connectivity index (χ0v) is 22.9. The Labute approximate surface area is 207 Å². The Morgan fingerprint density at radius 3 is 2.50 bits per heavy atom. The molecule has 5 nitrogen and oxygen atoms in total. The molecule has 0 saturated heterocycles. The fourth-order valence-electron chi connectivity index (χ4n) is 3.38. The fraction of sp³-hybridized carbons (Fsp3) is 0.536. The van der Waals surface area contributed by atoms with E-state index in [1.807, 2.05) is 30.3 Å². The van der Waals surface area contributed by atoms with Crippen LogP contribution >= 0.6 is 0 Å². The maximum absolute atomic E-state index is 10.9. The van der Waals surface area contributed by atoms with Gasteiger partial charge in [0.2, 0.25) is 0 Å². The molecule has 0 saturated carbocycles. The largest absolute Gasteiger partial charge is 0.497 e. The lowest BCUT2D eigenvalue weighted by atomic mass is 10.0. The average Bonchev–Trinajstić information content (AvgIpc) is 2.78. The van der Waals surface area contributed by atoms with Crippen LogP contribution in [-0.4, -0.2) is 46.6 Å². The van der Waals surface area contributed by atoms with Gasteiger partial charge in [-0.15, -0.1) is 0 Å². The molecular formula is C28H42O5Si. The predicted octanol–water partition coefficient (Wildman–Crippen LogP) is 6.41. The van der Waals surface area contributed by atoms with Crippen molar-refractivity contribution in [2.45, 2.75) is 83.6 Å². The Kier molecular flexibility index (Phi) is 11.0. The normalized spacial score (nSPS) is 19.3. The van der Waals surface area contributed by atoms with Gasteiger partial charge in [0.05, 0.1) is 38.6 Å². The van der Waals surface area contributed by atoms with Gasteiger partial charge in [-0.1, -0.05) is 62.8 Å². The van der Waals surface area contributed by atoms with Crippen LogP contribution in [0, 0.1) is 0 Å². The first-order valence-corrected chi connectivity index (χ1v) is 14.9. The van der Waals surface area contributed by atoms with Gasteiger partial charge in [0.25, 0.3) is 0 Å². The number of hydrogen-bond donors (Lipinski definition) is 0. The van der Waals surface area contributed by atoms with Crippen molar-refractivity contribution in [2.24, 2.45) is 0 Å². The summed E-state index contributed by atoms with van der Waals surface area (Å²) in [5.74, 6) is 0.813. The van der Waals surface area contributed by atoms with Crippen molar-refractivity contribution < 1.29 is 23.4 Å². The van der Waals surface area contributed by atoms with E-state index in [0.29, 0.717) is 19.6 Å². The van der Waals surface area contributed by atoms with E-state index in [-0.39, 0.29) is 23.4 Å². The minimum atomic E-state index is -2.09. The van der Waals surface area contributed by atoms with Crippen molar-refractivity contribution in [3.63, 3.8) is 0 Å². The monoisotopic (exact) mass is 486 g/mol. The summed E-state index contributed by atoms with van der Waals surface area (Å²) >= 11 is 0. The molecule has 6 heteroatoms. The zero-order chi connectivity index (χ0) is 25.2. The van der Waals surface area contributed by atoms with Crippen LogP contribution < -0.4 is 4.74 Å². The van der Waals surface area contributed by atoms with Gasteiger partial charge in [-0.2, -0.15) is 0 Å². The van der Waals surface area contributed by atoms with Gasteiger partial charge in [0.15, 0.2) is 8.32 Å². The summed E-state index contributed by atoms with van der Waals surface area (Å²) in [6, 6.07) is 7.86. The summed E-state index contributed by atoms with van der Waals surface area (Å²) < 4.78 is 24.4. The van der Waals surface area contributed by atoms with Crippen LogP contribution in [-0.2, 0) is 25.3 Å². The van der Waals surface area contributed by atoms with Crippen molar-refractivity contribution in [3.05, 3.63) is 65.8 Å². The summed E-state index contributed by atoms with van der Waals surface area (Å²) in [4.78, 5) is 10.9. The predicted molar refractivity (Wildman–Crippen MR) is 141 cm³/mol. The number of carbonyl (C=O) groups excluding carboxylic acids is 1. The molecule has 34 heavy (non-hydrogen) atoms. The molecule has 0 fully saturated rings. The number of benzene rings is 1. The van der Waals surface area contributed by atoms with Gasteiger partial charge in [-0.25, -0.2) is 0 Å². The van der Waals surface area contributed by atoms with E-state index in [1.165, 1.54) is 11.6 Å². The molecule has 0 spiro atoms. The molecule has 1 aliphatic rings. The first-order valence-electron chi connectivity index (χ1n) is 12.0. The highest BCUT2D eigenvalue weighted by molar-refractivity contribution is 6.74. The van der Waals surface area contributed by atoms with E-state index in [9.17, 15) is 4.79 Å². The van der Waals surface area contributed by atoms with E-state index in [2.05, 4.69) is 59.0 Å². The molecule has 0 bridgehead atoms. The number of allylic oxidation sites excluding steroid dienone is 1. The molecule has 1 aromatic carbocycles. The van der Waals surface area contributed by atoms with Crippen LogP contribution in [0.2, 0.25) is 18.1 Å². The van der Waals surface area contributed by atoms with E-state index in [0.717, 1.165) is 24.0 Å². The molecule has 0 aliphatic carbocycles.